The van der Waals surface area contributed by atoms with Crippen molar-refractivity contribution < 1.29 is 4.79 Å². The molecule has 0 aromatic rings. The normalized spacial score (nSPS) is 17.6. The van der Waals surface area contributed by atoms with Crippen LogP contribution in [0.5, 0.6) is 0 Å². The Labute approximate surface area is 124 Å². The number of carbonyl (C=O) groups excluding carboxylic acids is 1. The first-order valence-corrected chi connectivity index (χ1v) is 7.69. The first kappa shape index (κ1) is 18.7. The number of amides is 1. The van der Waals surface area contributed by atoms with Gasteiger partial charge in [-0.15, -0.1) is 12.4 Å². The first-order valence-electron chi connectivity index (χ1n) is 7.69. The van der Waals surface area contributed by atoms with Crippen molar-refractivity contribution >= 4 is 18.3 Å². The monoisotopic (exact) mass is 290 g/mol. The van der Waals surface area contributed by atoms with Crippen LogP contribution in [0.2, 0.25) is 0 Å². The number of hydrogen-bond donors (Lipinski definition) is 1. The Morgan fingerprint density at radius 1 is 1.26 bits per heavy atom. The van der Waals surface area contributed by atoms with Gasteiger partial charge in [-0.3, -0.25) is 4.79 Å². The number of halogens is 1. The number of nitrogens with one attached hydrogen (secondary N) is 1. The van der Waals surface area contributed by atoms with Crippen LogP contribution in [-0.4, -0.2) is 36.5 Å². The third kappa shape index (κ3) is 6.62. The van der Waals surface area contributed by atoms with Crippen LogP contribution in [0.3, 0.4) is 0 Å². The minimum absolute atomic E-state index is 0. The highest BCUT2D eigenvalue weighted by atomic mass is 35.5. The van der Waals surface area contributed by atoms with Crippen LogP contribution in [0.25, 0.3) is 0 Å². The molecular weight excluding hydrogens is 260 g/mol. The van der Waals surface area contributed by atoms with Gasteiger partial charge in [-0.1, -0.05) is 33.6 Å². The Hall–Kier alpha value is -0.280. The second-order valence-electron chi connectivity index (χ2n) is 5.67. The molecule has 0 radical (unpaired) electrons. The molecule has 3 nitrogen and oxygen atoms in total. The second kappa shape index (κ2) is 10.5. The van der Waals surface area contributed by atoms with Crippen LogP contribution in [0.15, 0.2) is 0 Å². The predicted molar refractivity (Wildman–Crippen MR) is 83.8 cm³/mol. The molecule has 0 saturated carbocycles. The molecule has 0 aromatic heterocycles. The van der Waals surface area contributed by atoms with E-state index in [4.69, 9.17) is 0 Å². The van der Waals surface area contributed by atoms with Crippen LogP contribution in [0.1, 0.15) is 59.3 Å². The van der Waals surface area contributed by atoms with E-state index in [2.05, 4.69) is 31.0 Å². The van der Waals surface area contributed by atoms with E-state index in [-0.39, 0.29) is 12.4 Å². The summed E-state index contributed by atoms with van der Waals surface area (Å²) in [6, 6.07) is 0.479. The summed E-state index contributed by atoms with van der Waals surface area (Å²) in [7, 11) is 0. The van der Waals surface area contributed by atoms with Gasteiger partial charge in [-0.25, -0.2) is 0 Å². The molecule has 0 bridgehead atoms. The maximum Gasteiger partial charge on any atom is 0.223 e. The molecule has 0 aromatic carbocycles. The number of hydrogen-bond acceptors (Lipinski definition) is 2. The maximum atomic E-state index is 12.4. The minimum atomic E-state index is 0. The molecule has 4 heteroatoms. The van der Waals surface area contributed by atoms with E-state index in [1.54, 1.807) is 0 Å². The van der Waals surface area contributed by atoms with E-state index in [1.165, 1.54) is 6.42 Å². The molecule has 1 heterocycles. The van der Waals surface area contributed by atoms with Gasteiger partial charge in [-0.2, -0.15) is 0 Å². The Morgan fingerprint density at radius 3 is 2.42 bits per heavy atom. The summed E-state index contributed by atoms with van der Waals surface area (Å²) in [5.74, 6) is 0.910. The van der Waals surface area contributed by atoms with Crippen LogP contribution in [0, 0.1) is 5.92 Å². The Kier molecular flexibility index (Phi) is 10.3. The zero-order valence-electron chi connectivity index (χ0n) is 12.8. The van der Waals surface area contributed by atoms with Gasteiger partial charge in [0.2, 0.25) is 5.91 Å². The highest BCUT2D eigenvalue weighted by Gasteiger charge is 2.25. The van der Waals surface area contributed by atoms with Gasteiger partial charge in [-0.05, 0) is 38.3 Å². The fraction of sp³-hybridized carbons (Fsp3) is 0.933. The van der Waals surface area contributed by atoms with E-state index < -0.39 is 0 Å². The van der Waals surface area contributed by atoms with Crippen LogP contribution in [0.4, 0.5) is 0 Å². The summed E-state index contributed by atoms with van der Waals surface area (Å²) >= 11 is 0. The fourth-order valence-corrected chi connectivity index (χ4v) is 2.88. The molecule has 1 amide bonds. The SMILES string of the molecule is CCCC(C)CC(=O)N(CCC)C1CCNCC1.Cl. The summed E-state index contributed by atoms with van der Waals surface area (Å²) in [6.07, 6.45) is 6.38. The van der Waals surface area contributed by atoms with Gasteiger partial charge in [0, 0.05) is 19.0 Å². The zero-order valence-corrected chi connectivity index (χ0v) is 13.6. The third-order valence-electron chi connectivity index (χ3n) is 3.84. The molecule has 1 aliphatic rings. The number of rotatable bonds is 7. The largest absolute Gasteiger partial charge is 0.340 e. The molecular formula is C15H31ClN2O. The van der Waals surface area contributed by atoms with Gasteiger partial charge in [0.1, 0.15) is 0 Å². The topological polar surface area (TPSA) is 32.3 Å². The highest BCUT2D eigenvalue weighted by molar-refractivity contribution is 5.85. The molecule has 1 atom stereocenters. The summed E-state index contributed by atoms with van der Waals surface area (Å²) < 4.78 is 0. The van der Waals surface area contributed by atoms with Crippen molar-refractivity contribution in [2.45, 2.75) is 65.3 Å². The molecule has 1 aliphatic heterocycles. The van der Waals surface area contributed by atoms with Crippen molar-refractivity contribution in [3.05, 3.63) is 0 Å². The van der Waals surface area contributed by atoms with Crippen molar-refractivity contribution in [3.63, 3.8) is 0 Å². The van der Waals surface area contributed by atoms with Crippen LogP contribution in [-0.2, 0) is 4.79 Å². The lowest BCUT2D eigenvalue weighted by molar-refractivity contribution is -0.135. The van der Waals surface area contributed by atoms with Crippen molar-refractivity contribution in [3.8, 4) is 0 Å². The Balaban J connectivity index is 0.00000324. The van der Waals surface area contributed by atoms with Crippen molar-refractivity contribution in [2.75, 3.05) is 19.6 Å². The lowest BCUT2D eigenvalue weighted by atomic mass is 9.99. The van der Waals surface area contributed by atoms with Gasteiger partial charge < -0.3 is 10.2 Å². The van der Waals surface area contributed by atoms with Gasteiger partial charge in [0.05, 0.1) is 0 Å². The summed E-state index contributed by atoms with van der Waals surface area (Å²) in [6.45, 7) is 9.61. The molecule has 114 valence electrons. The quantitative estimate of drug-likeness (QED) is 0.781. The van der Waals surface area contributed by atoms with Gasteiger partial charge >= 0.3 is 0 Å². The van der Waals surface area contributed by atoms with Crippen molar-refractivity contribution in [1.82, 2.24) is 10.2 Å². The average molecular weight is 291 g/mol. The third-order valence-corrected chi connectivity index (χ3v) is 3.84. The van der Waals surface area contributed by atoms with Crippen LogP contribution < -0.4 is 5.32 Å². The van der Waals surface area contributed by atoms with Crippen molar-refractivity contribution in [2.24, 2.45) is 5.92 Å². The molecule has 1 rings (SSSR count). The first-order chi connectivity index (χ1) is 8.69. The van der Waals surface area contributed by atoms with Crippen molar-refractivity contribution in [1.29, 1.82) is 0 Å². The molecule has 1 N–H and O–H groups in total. The minimum Gasteiger partial charge on any atom is -0.340 e. The van der Waals surface area contributed by atoms with E-state index in [1.807, 2.05) is 0 Å². The molecule has 1 saturated heterocycles. The average Bonchev–Trinajstić information content (AvgIpc) is 2.37. The van der Waals surface area contributed by atoms with E-state index in [9.17, 15) is 4.79 Å². The summed E-state index contributed by atoms with van der Waals surface area (Å²) in [5.41, 5.74) is 0. The van der Waals surface area contributed by atoms with E-state index >= 15 is 0 Å². The molecule has 0 aliphatic carbocycles. The maximum absolute atomic E-state index is 12.4. The Bertz CT molecular complexity index is 242. The molecule has 1 unspecified atom stereocenters. The molecule has 19 heavy (non-hydrogen) atoms. The predicted octanol–water partition coefficient (Wildman–Crippen LogP) is 3.23. The molecule has 0 spiro atoms. The zero-order chi connectivity index (χ0) is 13.4. The van der Waals surface area contributed by atoms with E-state index in [0.29, 0.717) is 17.9 Å². The van der Waals surface area contributed by atoms with Gasteiger partial charge in [0.15, 0.2) is 0 Å². The van der Waals surface area contributed by atoms with Crippen LogP contribution >= 0.6 is 12.4 Å². The fourth-order valence-electron chi connectivity index (χ4n) is 2.88. The lowest BCUT2D eigenvalue weighted by Crippen LogP contribution is -2.46. The molecule has 1 fully saturated rings. The second-order valence-corrected chi connectivity index (χ2v) is 5.67. The number of piperidine rings is 1. The number of nitrogens with zero attached hydrogens (tertiary/aromatic N) is 1. The summed E-state index contributed by atoms with van der Waals surface area (Å²) in [4.78, 5) is 14.6. The standard InChI is InChI=1S/C15H30N2O.ClH/c1-4-6-13(3)12-15(18)17(11-5-2)14-7-9-16-10-8-14;/h13-14,16H,4-12H2,1-3H3;1H. The Morgan fingerprint density at radius 2 is 1.89 bits per heavy atom. The lowest BCUT2D eigenvalue weighted by Gasteiger charge is -2.35. The summed E-state index contributed by atoms with van der Waals surface area (Å²) in [5, 5.41) is 3.37. The smallest absolute Gasteiger partial charge is 0.223 e. The number of carbonyl (C=O) groups is 1. The highest BCUT2D eigenvalue weighted by Crippen LogP contribution is 2.17. The van der Waals surface area contributed by atoms with Gasteiger partial charge in [0.25, 0.3) is 0 Å². The van der Waals surface area contributed by atoms with E-state index in [0.717, 1.165) is 51.7 Å².